The van der Waals surface area contributed by atoms with Crippen LogP contribution in [0.15, 0.2) is 42.6 Å². The van der Waals surface area contributed by atoms with E-state index in [2.05, 4.69) is 48.4 Å². The van der Waals surface area contributed by atoms with Crippen LogP contribution in [0.5, 0.6) is 5.88 Å². The average molecular weight is 270 g/mol. The van der Waals surface area contributed by atoms with Gasteiger partial charge in [0.05, 0.1) is 7.11 Å². The van der Waals surface area contributed by atoms with Gasteiger partial charge in [0.1, 0.15) is 0 Å². The summed E-state index contributed by atoms with van der Waals surface area (Å²) in [6.07, 6.45) is 2.86. The van der Waals surface area contributed by atoms with E-state index in [0.29, 0.717) is 11.9 Å². The third-order valence-electron chi connectivity index (χ3n) is 3.43. The van der Waals surface area contributed by atoms with Crippen molar-refractivity contribution in [2.45, 2.75) is 26.3 Å². The molecule has 0 radical (unpaired) electrons. The largest absolute Gasteiger partial charge is 0.481 e. The van der Waals surface area contributed by atoms with Crippen molar-refractivity contribution in [3.05, 3.63) is 48.2 Å². The van der Waals surface area contributed by atoms with Crippen molar-refractivity contribution in [2.75, 3.05) is 13.7 Å². The molecule has 106 valence electrons. The summed E-state index contributed by atoms with van der Waals surface area (Å²) in [6, 6.07) is 13.0. The summed E-state index contributed by atoms with van der Waals surface area (Å²) in [5.74, 6) is 0.645. The fourth-order valence-electron chi connectivity index (χ4n) is 2.38. The average Bonchev–Trinajstić information content (AvgIpc) is 2.52. The first kappa shape index (κ1) is 14.5. The second kappa shape index (κ2) is 7.06. The molecule has 20 heavy (non-hydrogen) atoms. The normalized spacial score (nSPS) is 12.2. The Bertz CT molecular complexity index is 554. The first-order chi connectivity index (χ1) is 9.78. The van der Waals surface area contributed by atoms with Crippen LogP contribution in [-0.2, 0) is 0 Å². The number of hydrogen-bond donors (Lipinski definition) is 1. The molecule has 1 aromatic carbocycles. The Balaban J connectivity index is 2.33. The Morgan fingerprint density at radius 1 is 1.15 bits per heavy atom. The van der Waals surface area contributed by atoms with E-state index in [1.165, 1.54) is 11.1 Å². The monoisotopic (exact) mass is 270 g/mol. The number of hydrogen-bond acceptors (Lipinski definition) is 3. The Kier molecular flexibility index (Phi) is 5.13. The standard InChI is InChI=1S/C17H22N2O/c1-4-16(18-5-2)15-8-6-7-13(11-15)14-9-10-19-17(12-14)20-3/h6-12,16,18H,4-5H2,1-3H3. The molecule has 2 rings (SSSR count). The fourth-order valence-corrected chi connectivity index (χ4v) is 2.38. The van der Waals surface area contributed by atoms with Gasteiger partial charge in [0.25, 0.3) is 0 Å². The fraction of sp³-hybridized carbons (Fsp3) is 0.353. The van der Waals surface area contributed by atoms with Gasteiger partial charge in [0, 0.05) is 18.3 Å². The van der Waals surface area contributed by atoms with Crippen LogP contribution in [0.2, 0.25) is 0 Å². The molecule has 1 aromatic heterocycles. The third kappa shape index (κ3) is 3.36. The van der Waals surface area contributed by atoms with Crippen molar-refractivity contribution in [3.63, 3.8) is 0 Å². The zero-order valence-electron chi connectivity index (χ0n) is 12.4. The summed E-state index contributed by atoms with van der Waals surface area (Å²) in [5.41, 5.74) is 3.65. The van der Waals surface area contributed by atoms with Crippen LogP contribution < -0.4 is 10.1 Å². The molecule has 0 saturated heterocycles. The number of methoxy groups -OCH3 is 1. The smallest absolute Gasteiger partial charge is 0.213 e. The molecule has 1 heterocycles. The topological polar surface area (TPSA) is 34.2 Å². The van der Waals surface area contributed by atoms with E-state index < -0.39 is 0 Å². The number of aromatic nitrogens is 1. The quantitative estimate of drug-likeness (QED) is 0.866. The van der Waals surface area contributed by atoms with Crippen LogP contribution >= 0.6 is 0 Å². The molecule has 3 heteroatoms. The summed E-state index contributed by atoms with van der Waals surface area (Å²) in [6.45, 7) is 5.32. The van der Waals surface area contributed by atoms with Crippen molar-refractivity contribution in [1.82, 2.24) is 10.3 Å². The highest BCUT2D eigenvalue weighted by molar-refractivity contribution is 5.65. The van der Waals surface area contributed by atoms with E-state index in [9.17, 15) is 0 Å². The molecule has 0 saturated carbocycles. The molecular formula is C17H22N2O. The highest BCUT2D eigenvalue weighted by Crippen LogP contribution is 2.26. The van der Waals surface area contributed by atoms with E-state index in [0.717, 1.165) is 18.5 Å². The van der Waals surface area contributed by atoms with Crippen molar-refractivity contribution >= 4 is 0 Å². The maximum atomic E-state index is 5.19. The van der Waals surface area contributed by atoms with E-state index in [1.807, 2.05) is 12.1 Å². The molecule has 0 spiro atoms. The van der Waals surface area contributed by atoms with E-state index in [1.54, 1.807) is 13.3 Å². The number of ether oxygens (including phenoxy) is 1. The van der Waals surface area contributed by atoms with Gasteiger partial charge in [0.2, 0.25) is 5.88 Å². The lowest BCUT2D eigenvalue weighted by Gasteiger charge is -2.17. The van der Waals surface area contributed by atoms with Gasteiger partial charge in [-0.2, -0.15) is 0 Å². The van der Waals surface area contributed by atoms with E-state index in [4.69, 9.17) is 4.74 Å². The Labute approximate surface area is 121 Å². The molecule has 0 aliphatic carbocycles. The maximum absolute atomic E-state index is 5.19. The summed E-state index contributed by atoms with van der Waals surface area (Å²) < 4.78 is 5.19. The van der Waals surface area contributed by atoms with Crippen molar-refractivity contribution in [1.29, 1.82) is 0 Å². The Morgan fingerprint density at radius 2 is 1.95 bits per heavy atom. The maximum Gasteiger partial charge on any atom is 0.213 e. The van der Waals surface area contributed by atoms with E-state index >= 15 is 0 Å². The van der Waals surface area contributed by atoms with Crippen molar-refractivity contribution in [2.24, 2.45) is 0 Å². The van der Waals surface area contributed by atoms with E-state index in [-0.39, 0.29) is 0 Å². The van der Waals surface area contributed by atoms with Crippen molar-refractivity contribution < 1.29 is 4.74 Å². The molecule has 0 bridgehead atoms. The molecule has 1 N–H and O–H groups in total. The molecule has 0 aliphatic rings. The van der Waals surface area contributed by atoms with Gasteiger partial charge in [-0.25, -0.2) is 4.98 Å². The summed E-state index contributed by atoms with van der Waals surface area (Å²) >= 11 is 0. The number of rotatable bonds is 6. The zero-order chi connectivity index (χ0) is 14.4. The molecule has 0 aliphatic heterocycles. The van der Waals surface area contributed by atoms with Gasteiger partial charge < -0.3 is 10.1 Å². The van der Waals surface area contributed by atoms with Crippen LogP contribution in [0.1, 0.15) is 31.9 Å². The summed E-state index contributed by atoms with van der Waals surface area (Å²) in [4.78, 5) is 4.15. The number of pyridine rings is 1. The minimum atomic E-state index is 0.406. The SMILES string of the molecule is CCNC(CC)c1cccc(-c2ccnc(OC)c2)c1. The van der Waals surface area contributed by atoms with Crippen LogP contribution in [0.25, 0.3) is 11.1 Å². The summed E-state index contributed by atoms with van der Waals surface area (Å²) in [7, 11) is 1.64. The second-order valence-corrected chi connectivity index (χ2v) is 4.73. The zero-order valence-corrected chi connectivity index (χ0v) is 12.4. The molecule has 0 fully saturated rings. The minimum Gasteiger partial charge on any atom is -0.481 e. The highest BCUT2D eigenvalue weighted by atomic mass is 16.5. The molecule has 1 atom stereocenters. The van der Waals surface area contributed by atoms with Gasteiger partial charge in [-0.3, -0.25) is 0 Å². The van der Waals surface area contributed by atoms with Crippen molar-refractivity contribution in [3.8, 4) is 17.0 Å². The molecule has 3 nitrogen and oxygen atoms in total. The molecular weight excluding hydrogens is 248 g/mol. The lowest BCUT2D eigenvalue weighted by Crippen LogP contribution is -2.19. The predicted molar refractivity (Wildman–Crippen MR) is 82.9 cm³/mol. The lowest BCUT2D eigenvalue weighted by molar-refractivity contribution is 0.398. The van der Waals surface area contributed by atoms with Crippen LogP contribution in [0.4, 0.5) is 0 Å². The van der Waals surface area contributed by atoms with Gasteiger partial charge >= 0.3 is 0 Å². The Morgan fingerprint density at radius 3 is 2.65 bits per heavy atom. The predicted octanol–water partition coefficient (Wildman–Crippen LogP) is 3.82. The second-order valence-electron chi connectivity index (χ2n) is 4.73. The van der Waals surface area contributed by atoms with Crippen LogP contribution in [0.3, 0.4) is 0 Å². The van der Waals surface area contributed by atoms with Gasteiger partial charge in [-0.1, -0.05) is 32.0 Å². The number of nitrogens with one attached hydrogen (secondary N) is 1. The molecule has 2 aromatic rings. The van der Waals surface area contributed by atoms with Crippen LogP contribution in [0, 0.1) is 0 Å². The van der Waals surface area contributed by atoms with Gasteiger partial charge in [0.15, 0.2) is 0 Å². The molecule has 1 unspecified atom stereocenters. The first-order valence-electron chi connectivity index (χ1n) is 7.12. The molecule has 0 amide bonds. The Hall–Kier alpha value is -1.87. The number of benzene rings is 1. The minimum absolute atomic E-state index is 0.406. The lowest BCUT2D eigenvalue weighted by atomic mass is 9.98. The third-order valence-corrected chi connectivity index (χ3v) is 3.43. The first-order valence-corrected chi connectivity index (χ1v) is 7.12. The highest BCUT2D eigenvalue weighted by Gasteiger charge is 2.09. The van der Waals surface area contributed by atoms with Crippen LogP contribution in [-0.4, -0.2) is 18.6 Å². The van der Waals surface area contributed by atoms with Gasteiger partial charge in [-0.15, -0.1) is 0 Å². The summed E-state index contributed by atoms with van der Waals surface area (Å²) in [5, 5.41) is 3.51. The number of nitrogens with zero attached hydrogens (tertiary/aromatic N) is 1. The van der Waals surface area contributed by atoms with Gasteiger partial charge in [-0.05, 0) is 41.8 Å².